The smallest absolute Gasteiger partial charge is 0.314 e. The highest BCUT2D eigenvalue weighted by atomic mass is 79.9. The van der Waals surface area contributed by atoms with E-state index in [0.29, 0.717) is 11.4 Å². The Morgan fingerprint density at radius 1 is 1.25 bits per heavy atom. The number of nitro groups is 1. The summed E-state index contributed by atoms with van der Waals surface area (Å²) in [6.45, 7) is 1.52. The van der Waals surface area contributed by atoms with Gasteiger partial charge in [0, 0.05) is 10.2 Å². The van der Waals surface area contributed by atoms with Gasteiger partial charge < -0.3 is 14.8 Å². The third-order valence-corrected chi connectivity index (χ3v) is 3.68. The zero-order valence-electron chi connectivity index (χ0n) is 13.0. The van der Waals surface area contributed by atoms with Gasteiger partial charge >= 0.3 is 5.69 Å². The Bertz CT molecular complexity index is 749. The van der Waals surface area contributed by atoms with Crippen LogP contribution in [0.15, 0.2) is 46.9 Å². The van der Waals surface area contributed by atoms with E-state index in [1.54, 1.807) is 24.3 Å². The predicted molar refractivity (Wildman–Crippen MR) is 92.5 cm³/mol. The van der Waals surface area contributed by atoms with Crippen molar-refractivity contribution in [2.24, 2.45) is 0 Å². The number of methoxy groups -OCH3 is 1. The first-order valence-corrected chi connectivity index (χ1v) is 7.75. The lowest BCUT2D eigenvalue weighted by molar-refractivity contribution is -0.386. The number of anilines is 1. The number of amides is 1. The number of carbonyl (C=O) groups excluding carboxylic acids is 1. The molecule has 0 radical (unpaired) electrons. The number of carbonyl (C=O) groups is 1. The van der Waals surface area contributed by atoms with Gasteiger partial charge in [0.25, 0.3) is 5.91 Å². The van der Waals surface area contributed by atoms with Crippen LogP contribution in [0.25, 0.3) is 0 Å². The molecular weight excluding hydrogens is 380 g/mol. The van der Waals surface area contributed by atoms with Crippen LogP contribution in [-0.4, -0.2) is 24.0 Å². The molecule has 24 heavy (non-hydrogen) atoms. The maximum atomic E-state index is 12.2. The van der Waals surface area contributed by atoms with Crippen molar-refractivity contribution in [2.45, 2.75) is 13.0 Å². The van der Waals surface area contributed by atoms with Crippen LogP contribution in [0.2, 0.25) is 0 Å². The van der Waals surface area contributed by atoms with Gasteiger partial charge in [0.05, 0.1) is 18.1 Å². The lowest BCUT2D eigenvalue weighted by atomic mass is 10.2. The second kappa shape index (κ2) is 7.78. The minimum atomic E-state index is -0.916. The van der Waals surface area contributed by atoms with Gasteiger partial charge in [-0.1, -0.05) is 15.9 Å². The summed E-state index contributed by atoms with van der Waals surface area (Å²) in [4.78, 5) is 22.7. The van der Waals surface area contributed by atoms with Gasteiger partial charge in [0.15, 0.2) is 11.9 Å². The zero-order valence-corrected chi connectivity index (χ0v) is 14.6. The number of nitrogens with one attached hydrogen (secondary N) is 1. The normalized spacial score (nSPS) is 11.5. The van der Waals surface area contributed by atoms with Crippen molar-refractivity contribution in [1.82, 2.24) is 0 Å². The molecule has 0 fully saturated rings. The number of nitro benzene ring substituents is 1. The standard InChI is InChI=1S/C16H15BrN2O5/c1-10(16(20)18-12-5-3-11(17)4-6-12)24-15-8-7-13(23-2)9-14(15)19(21)22/h3-10H,1-2H3,(H,18,20)/t10-/m0/s1. The number of ether oxygens (including phenoxy) is 2. The van der Waals surface area contributed by atoms with E-state index in [0.717, 1.165) is 4.47 Å². The van der Waals surface area contributed by atoms with Crippen molar-refractivity contribution in [3.05, 3.63) is 57.1 Å². The Morgan fingerprint density at radius 3 is 2.50 bits per heavy atom. The van der Waals surface area contributed by atoms with E-state index >= 15 is 0 Å². The molecule has 0 saturated heterocycles. The van der Waals surface area contributed by atoms with E-state index in [1.807, 2.05) is 0 Å². The topological polar surface area (TPSA) is 90.7 Å². The quantitative estimate of drug-likeness (QED) is 0.594. The molecule has 0 aliphatic heterocycles. The van der Waals surface area contributed by atoms with E-state index in [1.165, 1.54) is 32.2 Å². The van der Waals surface area contributed by atoms with Crippen LogP contribution in [0.1, 0.15) is 6.92 Å². The van der Waals surface area contributed by atoms with Crippen molar-refractivity contribution < 1.29 is 19.2 Å². The van der Waals surface area contributed by atoms with Gasteiger partial charge in [0.1, 0.15) is 5.75 Å². The fourth-order valence-corrected chi connectivity index (χ4v) is 2.15. The first kappa shape index (κ1) is 17.7. The molecule has 126 valence electrons. The van der Waals surface area contributed by atoms with Gasteiger partial charge in [-0.2, -0.15) is 0 Å². The molecule has 1 N–H and O–H groups in total. The molecule has 2 rings (SSSR count). The van der Waals surface area contributed by atoms with E-state index in [-0.39, 0.29) is 11.4 Å². The minimum Gasteiger partial charge on any atom is -0.496 e. The Kier molecular flexibility index (Phi) is 5.75. The summed E-state index contributed by atoms with van der Waals surface area (Å²) in [6.07, 6.45) is -0.916. The maximum Gasteiger partial charge on any atom is 0.314 e. The lowest BCUT2D eigenvalue weighted by Crippen LogP contribution is -2.30. The van der Waals surface area contributed by atoms with Gasteiger partial charge in [-0.05, 0) is 43.3 Å². The summed E-state index contributed by atoms with van der Waals surface area (Å²) in [6, 6.07) is 11.2. The zero-order chi connectivity index (χ0) is 17.7. The molecule has 2 aromatic rings. The summed E-state index contributed by atoms with van der Waals surface area (Å²) >= 11 is 3.31. The average molecular weight is 395 g/mol. The molecule has 1 amide bonds. The van der Waals surface area contributed by atoms with Crippen molar-refractivity contribution in [3.63, 3.8) is 0 Å². The molecule has 0 heterocycles. The van der Waals surface area contributed by atoms with Gasteiger partial charge in [-0.15, -0.1) is 0 Å². The van der Waals surface area contributed by atoms with Crippen molar-refractivity contribution in [1.29, 1.82) is 0 Å². The molecule has 2 aromatic carbocycles. The molecule has 0 saturated carbocycles. The number of hydrogen-bond donors (Lipinski definition) is 1. The molecule has 8 heteroatoms. The lowest BCUT2D eigenvalue weighted by Gasteiger charge is -2.15. The van der Waals surface area contributed by atoms with E-state index in [2.05, 4.69) is 21.2 Å². The predicted octanol–water partition coefficient (Wildman–Crippen LogP) is 3.77. The second-order valence-electron chi connectivity index (χ2n) is 4.85. The molecule has 0 spiro atoms. The first-order chi connectivity index (χ1) is 11.4. The number of hydrogen-bond acceptors (Lipinski definition) is 5. The molecule has 0 aliphatic rings. The Labute approximate surface area is 146 Å². The Balaban J connectivity index is 2.10. The van der Waals surface area contributed by atoms with Crippen molar-refractivity contribution in [3.8, 4) is 11.5 Å². The average Bonchev–Trinajstić information content (AvgIpc) is 2.57. The summed E-state index contributed by atoms with van der Waals surface area (Å²) < 4.78 is 11.3. The van der Waals surface area contributed by atoms with Gasteiger partial charge in [-0.25, -0.2) is 0 Å². The fraction of sp³-hybridized carbons (Fsp3) is 0.188. The minimum absolute atomic E-state index is 0.000689. The van der Waals surface area contributed by atoms with Crippen molar-refractivity contribution >= 4 is 33.2 Å². The SMILES string of the molecule is COc1ccc(O[C@@H](C)C(=O)Nc2ccc(Br)cc2)c([N+](=O)[O-])c1. The van der Waals surface area contributed by atoms with Crippen LogP contribution < -0.4 is 14.8 Å². The highest BCUT2D eigenvalue weighted by molar-refractivity contribution is 9.10. The molecule has 0 aliphatic carbocycles. The van der Waals surface area contributed by atoms with E-state index in [9.17, 15) is 14.9 Å². The molecule has 0 bridgehead atoms. The first-order valence-electron chi connectivity index (χ1n) is 6.96. The summed E-state index contributed by atoms with van der Waals surface area (Å²) in [5.41, 5.74) is 0.334. The van der Waals surface area contributed by atoms with Crippen molar-refractivity contribution in [2.75, 3.05) is 12.4 Å². The van der Waals surface area contributed by atoms with Crippen LogP contribution in [0.4, 0.5) is 11.4 Å². The number of nitrogens with zero attached hydrogens (tertiary/aromatic N) is 1. The summed E-state index contributed by atoms with van der Waals surface area (Å²) in [5.74, 6) is -0.0808. The fourth-order valence-electron chi connectivity index (χ4n) is 1.89. The molecule has 0 unspecified atom stereocenters. The largest absolute Gasteiger partial charge is 0.496 e. The maximum absolute atomic E-state index is 12.2. The number of rotatable bonds is 6. The third-order valence-electron chi connectivity index (χ3n) is 3.15. The molecular formula is C16H15BrN2O5. The van der Waals surface area contributed by atoms with Crippen LogP contribution in [0, 0.1) is 10.1 Å². The summed E-state index contributed by atoms with van der Waals surface area (Å²) in [7, 11) is 1.41. The van der Waals surface area contributed by atoms with E-state index in [4.69, 9.17) is 9.47 Å². The van der Waals surface area contributed by atoms with Gasteiger partial charge in [0.2, 0.25) is 0 Å². The monoisotopic (exact) mass is 394 g/mol. The van der Waals surface area contributed by atoms with E-state index < -0.39 is 16.9 Å². The molecule has 0 aromatic heterocycles. The third kappa shape index (κ3) is 4.45. The number of benzene rings is 2. The highest BCUT2D eigenvalue weighted by Gasteiger charge is 2.22. The number of halogens is 1. The highest BCUT2D eigenvalue weighted by Crippen LogP contribution is 2.31. The van der Waals surface area contributed by atoms with Crippen LogP contribution in [0.5, 0.6) is 11.5 Å². The summed E-state index contributed by atoms with van der Waals surface area (Å²) in [5, 5.41) is 13.8. The Hall–Kier alpha value is -2.61. The molecule has 7 nitrogen and oxygen atoms in total. The van der Waals surface area contributed by atoms with Crippen LogP contribution in [-0.2, 0) is 4.79 Å². The second-order valence-corrected chi connectivity index (χ2v) is 5.76. The Morgan fingerprint density at radius 2 is 1.92 bits per heavy atom. The van der Waals surface area contributed by atoms with Crippen LogP contribution >= 0.6 is 15.9 Å². The molecule has 1 atom stereocenters. The van der Waals surface area contributed by atoms with Gasteiger partial charge in [-0.3, -0.25) is 14.9 Å². The van der Waals surface area contributed by atoms with Crippen LogP contribution in [0.3, 0.4) is 0 Å².